The molecule has 1 saturated heterocycles. The first-order chi connectivity index (χ1) is 8.66. The third kappa shape index (κ3) is 2.42. The summed E-state index contributed by atoms with van der Waals surface area (Å²) >= 11 is 0. The fourth-order valence-corrected chi connectivity index (χ4v) is 2.21. The monoisotopic (exact) mass is 263 g/mol. The number of aliphatic hydroxyl groups excluding tert-OH is 1. The lowest BCUT2D eigenvalue weighted by Crippen LogP contribution is -2.41. The smallest absolute Gasteiger partial charge is 0.399 e. The molecular weight excluding hydrogens is 241 g/mol. The summed E-state index contributed by atoms with van der Waals surface area (Å²) in [5.41, 5.74) is 1.85. The number of hydrogen-bond donors (Lipinski definition) is 1. The first kappa shape index (κ1) is 14.5. The molecule has 1 atom stereocenters. The van der Waals surface area contributed by atoms with E-state index in [4.69, 9.17) is 9.31 Å². The lowest BCUT2D eigenvalue weighted by atomic mass is 9.73. The highest BCUT2D eigenvalue weighted by Gasteiger charge is 2.52. The summed E-state index contributed by atoms with van der Waals surface area (Å²) in [6.07, 6.45) is 2.85. The summed E-state index contributed by atoms with van der Waals surface area (Å²) in [7, 11) is -0.461. The highest BCUT2D eigenvalue weighted by atomic mass is 16.7. The zero-order valence-corrected chi connectivity index (χ0v) is 12.5. The standard InChI is InChI=1S/C14H22BNO3/c1-9-7-16-8-11(10(2)17)12(9)15-18-13(3,4)14(5,6)19-15/h7-8,10,17H,1-6H3. The number of aromatic nitrogens is 1. The van der Waals surface area contributed by atoms with Crippen LogP contribution in [-0.4, -0.2) is 28.4 Å². The van der Waals surface area contributed by atoms with Gasteiger partial charge in [-0.2, -0.15) is 0 Å². The van der Waals surface area contributed by atoms with Crippen LogP contribution in [0.3, 0.4) is 0 Å². The van der Waals surface area contributed by atoms with Gasteiger partial charge in [0.25, 0.3) is 0 Å². The Balaban J connectivity index is 2.45. The van der Waals surface area contributed by atoms with Crippen molar-refractivity contribution in [1.82, 2.24) is 4.98 Å². The molecule has 2 rings (SSSR count). The van der Waals surface area contributed by atoms with Gasteiger partial charge in [-0.05, 0) is 58.1 Å². The Morgan fingerprint density at radius 3 is 2.16 bits per heavy atom. The Kier molecular flexibility index (Phi) is 3.50. The molecule has 19 heavy (non-hydrogen) atoms. The van der Waals surface area contributed by atoms with Crippen molar-refractivity contribution in [2.45, 2.75) is 58.8 Å². The number of nitrogens with zero attached hydrogens (tertiary/aromatic N) is 1. The van der Waals surface area contributed by atoms with E-state index in [1.807, 2.05) is 34.6 Å². The van der Waals surface area contributed by atoms with Crippen molar-refractivity contribution in [2.24, 2.45) is 0 Å². The molecule has 5 heteroatoms. The molecule has 1 N–H and O–H groups in total. The van der Waals surface area contributed by atoms with E-state index in [0.29, 0.717) is 0 Å². The van der Waals surface area contributed by atoms with Crippen LogP contribution in [0.1, 0.15) is 51.8 Å². The lowest BCUT2D eigenvalue weighted by molar-refractivity contribution is 0.00578. The largest absolute Gasteiger partial charge is 0.495 e. The van der Waals surface area contributed by atoms with E-state index < -0.39 is 13.2 Å². The summed E-state index contributed by atoms with van der Waals surface area (Å²) in [5, 5.41) is 9.90. The number of rotatable bonds is 2. The normalized spacial score (nSPS) is 22.6. The number of aryl methyl sites for hydroxylation is 1. The minimum atomic E-state index is -0.596. The maximum absolute atomic E-state index is 9.90. The van der Waals surface area contributed by atoms with E-state index >= 15 is 0 Å². The summed E-state index contributed by atoms with van der Waals surface area (Å²) in [6, 6.07) is 0. The van der Waals surface area contributed by atoms with Gasteiger partial charge in [-0.25, -0.2) is 0 Å². The molecule has 0 saturated carbocycles. The van der Waals surface area contributed by atoms with Gasteiger partial charge in [0.15, 0.2) is 0 Å². The van der Waals surface area contributed by atoms with Crippen LogP contribution in [0.4, 0.5) is 0 Å². The number of pyridine rings is 1. The van der Waals surface area contributed by atoms with Gasteiger partial charge in [-0.15, -0.1) is 0 Å². The minimum absolute atomic E-state index is 0.386. The fraction of sp³-hybridized carbons (Fsp3) is 0.643. The third-order valence-electron chi connectivity index (χ3n) is 4.16. The molecule has 104 valence electrons. The molecule has 0 amide bonds. The van der Waals surface area contributed by atoms with E-state index in [1.54, 1.807) is 19.3 Å². The summed E-state index contributed by atoms with van der Waals surface area (Å²) in [6.45, 7) is 11.8. The Hall–Kier alpha value is -0.905. The minimum Gasteiger partial charge on any atom is -0.399 e. The average Bonchev–Trinajstić information content (AvgIpc) is 2.47. The van der Waals surface area contributed by atoms with E-state index in [1.165, 1.54) is 0 Å². The van der Waals surface area contributed by atoms with Gasteiger partial charge in [-0.1, -0.05) is 0 Å². The molecule has 1 aromatic heterocycles. The van der Waals surface area contributed by atoms with Crippen molar-refractivity contribution in [3.63, 3.8) is 0 Å². The second-order valence-corrected chi connectivity index (χ2v) is 6.22. The third-order valence-corrected chi connectivity index (χ3v) is 4.16. The van der Waals surface area contributed by atoms with Gasteiger partial charge in [-0.3, -0.25) is 4.98 Å². The SMILES string of the molecule is Cc1cncc(C(C)O)c1B1OC(C)(C)C(C)(C)O1. The van der Waals surface area contributed by atoms with E-state index in [9.17, 15) is 5.11 Å². The van der Waals surface area contributed by atoms with Crippen LogP contribution in [0.5, 0.6) is 0 Å². The van der Waals surface area contributed by atoms with Gasteiger partial charge >= 0.3 is 7.12 Å². The first-order valence-electron chi connectivity index (χ1n) is 6.64. The molecule has 1 aliphatic rings. The van der Waals surface area contributed by atoms with Crippen molar-refractivity contribution in [1.29, 1.82) is 0 Å². The number of hydrogen-bond acceptors (Lipinski definition) is 4. The van der Waals surface area contributed by atoms with Crippen LogP contribution < -0.4 is 5.46 Å². The molecule has 0 spiro atoms. The van der Waals surface area contributed by atoms with Crippen LogP contribution in [0.15, 0.2) is 12.4 Å². The Labute approximate surface area is 115 Å². The van der Waals surface area contributed by atoms with E-state index in [2.05, 4.69) is 4.98 Å². The molecule has 0 aliphatic carbocycles. The number of aliphatic hydroxyl groups is 1. The summed E-state index contributed by atoms with van der Waals surface area (Å²) in [5.74, 6) is 0. The van der Waals surface area contributed by atoms with E-state index in [-0.39, 0.29) is 11.2 Å². The quantitative estimate of drug-likeness (QED) is 0.826. The molecule has 1 unspecified atom stereocenters. The van der Waals surface area contributed by atoms with Crippen molar-refractivity contribution in [3.05, 3.63) is 23.5 Å². The molecule has 4 nitrogen and oxygen atoms in total. The predicted molar refractivity (Wildman–Crippen MR) is 75.3 cm³/mol. The zero-order valence-electron chi connectivity index (χ0n) is 12.5. The van der Waals surface area contributed by atoms with Crippen molar-refractivity contribution < 1.29 is 14.4 Å². The first-order valence-corrected chi connectivity index (χ1v) is 6.64. The van der Waals surface area contributed by atoms with Gasteiger partial charge < -0.3 is 14.4 Å². The Morgan fingerprint density at radius 1 is 1.16 bits per heavy atom. The van der Waals surface area contributed by atoms with Gasteiger partial charge in [0.05, 0.1) is 17.3 Å². The molecule has 2 heterocycles. The van der Waals surface area contributed by atoms with Gasteiger partial charge in [0.1, 0.15) is 0 Å². The second kappa shape index (κ2) is 4.58. The highest BCUT2D eigenvalue weighted by molar-refractivity contribution is 6.63. The van der Waals surface area contributed by atoms with Crippen LogP contribution in [0, 0.1) is 6.92 Å². The topological polar surface area (TPSA) is 51.6 Å². The maximum atomic E-state index is 9.90. The fourth-order valence-electron chi connectivity index (χ4n) is 2.21. The predicted octanol–water partition coefficient (Wildman–Crippen LogP) is 1.74. The summed E-state index contributed by atoms with van der Waals surface area (Å²) in [4.78, 5) is 4.14. The zero-order chi connectivity index (χ0) is 14.4. The lowest BCUT2D eigenvalue weighted by Gasteiger charge is -2.32. The molecule has 1 fully saturated rings. The summed E-state index contributed by atoms with van der Waals surface area (Å²) < 4.78 is 12.1. The Morgan fingerprint density at radius 2 is 1.68 bits per heavy atom. The second-order valence-electron chi connectivity index (χ2n) is 6.22. The van der Waals surface area contributed by atoms with Crippen molar-refractivity contribution >= 4 is 12.6 Å². The molecule has 1 aromatic rings. The Bertz CT molecular complexity index is 470. The molecule has 0 bridgehead atoms. The van der Waals surface area contributed by atoms with Gasteiger partial charge in [0.2, 0.25) is 0 Å². The van der Waals surface area contributed by atoms with Crippen LogP contribution >= 0.6 is 0 Å². The average molecular weight is 263 g/mol. The van der Waals surface area contributed by atoms with Crippen LogP contribution in [0.2, 0.25) is 0 Å². The molecule has 0 radical (unpaired) electrons. The molecule has 1 aliphatic heterocycles. The molecule has 0 aromatic carbocycles. The van der Waals surface area contributed by atoms with Crippen molar-refractivity contribution in [2.75, 3.05) is 0 Å². The van der Waals surface area contributed by atoms with Gasteiger partial charge in [0, 0.05) is 12.4 Å². The molecular formula is C14H22BNO3. The highest BCUT2D eigenvalue weighted by Crippen LogP contribution is 2.37. The maximum Gasteiger partial charge on any atom is 0.495 e. The van der Waals surface area contributed by atoms with Crippen LogP contribution in [-0.2, 0) is 9.31 Å². The van der Waals surface area contributed by atoms with Crippen LogP contribution in [0.25, 0.3) is 0 Å². The van der Waals surface area contributed by atoms with Crippen molar-refractivity contribution in [3.8, 4) is 0 Å². The van der Waals surface area contributed by atoms with E-state index in [0.717, 1.165) is 16.6 Å².